The molecule has 1 aliphatic rings. The topological polar surface area (TPSA) is 49.4 Å². The van der Waals surface area contributed by atoms with E-state index in [9.17, 15) is 9.59 Å². The molecule has 0 unspecified atom stereocenters. The molecule has 0 radical (unpaired) electrons. The molecule has 0 spiro atoms. The van der Waals surface area contributed by atoms with Gasteiger partial charge in [0.25, 0.3) is 0 Å². The van der Waals surface area contributed by atoms with Crippen LogP contribution in [0.4, 0.5) is 0 Å². The first-order chi connectivity index (χ1) is 7.49. The molecule has 16 heavy (non-hydrogen) atoms. The third-order valence-corrected chi connectivity index (χ3v) is 2.90. The smallest absolute Gasteiger partial charge is 0.220 e. The van der Waals surface area contributed by atoms with Crippen LogP contribution < -0.4 is 5.32 Å². The van der Waals surface area contributed by atoms with Crippen LogP contribution >= 0.6 is 0 Å². The fourth-order valence-electron chi connectivity index (χ4n) is 2.00. The number of carbonyl (C=O) groups excluding carboxylic acids is 2. The molecule has 0 atom stereocenters. The Hall–Kier alpha value is -1.06. The average Bonchev–Trinajstić information content (AvgIpc) is 2.16. The van der Waals surface area contributed by atoms with E-state index in [2.05, 4.69) is 5.32 Å². The molecule has 1 saturated heterocycles. The molecule has 0 saturated carbocycles. The first-order valence-corrected chi connectivity index (χ1v) is 6.04. The van der Waals surface area contributed by atoms with E-state index >= 15 is 0 Å². The largest absolute Gasteiger partial charge is 0.353 e. The number of hydrogen-bond acceptors (Lipinski definition) is 2. The summed E-state index contributed by atoms with van der Waals surface area (Å²) in [6.07, 6.45) is 2.35. The predicted molar refractivity (Wildman–Crippen MR) is 62.9 cm³/mol. The standard InChI is InChI=1S/C12H22N2O2/c1-9(2)8-12(16)13-11-4-6-14(7-5-11)10(3)15/h9,11H,4-8H2,1-3H3,(H,13,16). The number of nitrogens with one attached hydrogen (secondary N) is 1. The normalized spacial score (nSPS) is 17.6. The second-order valence-corrected chi connectivity index (χ2v) is 4.95. The summed E-state index contributed by atoms with van der Waals surface area (Å²) in [7, 11) is 0. The van der Waals surface area contributed by atoms with Crippen LogP contribution in [0.5, 0.6) is 0 Å². The van der Waals surface area contributed by atoms with Crippen LogP contribution in [0.2, 0.25) is 0 Å². The van der Waals surface area contributed by atoms with Crippen LogP contribution in [0.1, 0.15) is 40.0 Å². The summed E-state index contributed by atoms with van der Waals surface area (Å²) in [6.45, 7) is 7.21. The van der Waals surface area contributed by atoms with Crippen molar-refractivity contribution in [2.45, 2.75) is 46.1 Å². The van der Waals surface area contributed by atoms with Crippen molar-refractivity contribution >= 4 is 11.8 Å². The Kier molecular flexibility index (Phi) is 4.77. The maximum Gasteiger partial charge on any atom is 0.220 e. The molecule has 1 heterocycles. The van der Waals surface area contributed by atoms with Crippen molar-refractivity contribution in [1.29, 1.82) is 0 Å². The third kappa shape index (κ3) is 4.21. The van der Waals surface area contributed by atoms with E-state index in [0.717, 1.165) is 25.9 Å². The summed E-state index contributed by atoms with van der Waals surface area (Å²) >= 11 is 0. The molecular formula is C12H22N2O2. The van der Waals surface area contributed by atoms with Crippen molar-refractivity contribution in [2.75, 3.05) is 13.1 Å². The SMILES string of the molecule is CC(=O)N1CCC(NC(=O)CC(C)C)CC1. The average molecular weight is 226 g/mol. The van der Waals surface area contributed by atoms with E-state index < -0.39 is 0 Å². The fraction of sp³-hybridized carbons (Fsp3) is 0.833. The van der Waals surface area contributed by atoms with Crippen molar-refractivity contribution in [1.82, 2.24) is 10.2 Å². The number of hydrogen-bond donors (Lipinski definition) is 1. The summed E-state index contributed by atoms with van der Waals surface area (Å²) in [5.41, 5.74) is 0. The fourth-order valence-corrected chi connectivity index (χ4v) is 2.00. The van der Waals surface area contributed by atoms with Gasteiger partial charge < -0.3 is 10.2 Å². The lowest BCUT2D eigenvalue weighted by atomic mass is 10.0. The molecular weight excluding hydrogens is 204 g/mol. The molecule has 0 aromatic rings. The number of nitrogens with zero attached hydrogens (tertiary/aromatic N) is 1. The van der Waals surface area contributed by atoms with Crippen molar-refractivity contribution in [3.63, 3.8) is 0 Å². The number of piperidine rings is 1. The van der Waals surface area contributed by atoms with Crippen molar-refractivity contribution in [2.24, 2.45) is 5.92 Å². The van der Waals surface area contributed by atoms with Crippen molar-refractivity contribution < 1.29 is 9.59 Å². The maximum atomic E-state index is 11.5. The van der Waals surface area contributed by atoms with Gasteiger partial charge in [0.2, 0.25) is 11.8 Å². The molecule has 2 amide bonds. The molecule has 1 rings (SSSR count). The second-order valence-electron chi connectivity index (χ2n) is 4.95. The minimum absolute atomic E-state index is 0.131. The van der Waals surface area contributed by atoms with Crippen molar-refractivity contribution in [3.05, 3.63) is 0 Å². The van der Waals surface area contributed by atoms with Gasteiger partial charge in [-0.2, -0.15) is 0 Å². The van der Waals surface area contributed by atoms with Gasteiger partial charge in [-0.15, -0.1) is 0 Å². The zero-order chi connectivity index (χ0) is 12.1. The highest BCUT2D eigenvalue weighted by Gasteiger charge is 2.21. The van der Waals surface area contributed by atoms with Gasteiger partial charge in [-0.05, 0) is 18.8 Å². The molecule has 0 bridgehead atoms. The molecule has 92 valence electrons. The Morgan fingerprint density at radius 2 is 1.88 bits per heavy atom. The Labute approximate surface area is 97.4 Å². The lowest BCUT2D eigenvalue weighted by Crippen LogP contribution is -2.46. The third-order valence-electron chi connectivity index (χ3n) is 2.90. The zero-order valence-corrected chi connectivity index (χ0v) is 10.5. The molecule has 4 nitrogen and oxygen atoms in total. The molecule has 0 aromatic carbocycles. The van der Waals surface area contributed by atoms with Crippen molar-refractivity contribution in [3.8, 4) is 0 Å². The Morgan fingerprint density at radius 1 is 1.31 bits per heavy atom. The van der Waals surface area contributed by atoms with E-state index in [0.29, 0.717) is 12.3 Å². The lowest BCUT2D eigenvalue weighted by molar-refractivity contribution is -0.130. The Bertz CT molecular complexity index is 256. The van der Waals surface area contributed by atoms with Crippen LogP contribution in [0, 0.1) is 5.92 Å². The first kappa shape index (κ1) is 13.0. The Balaban J connectivity index is 2.26. The highest BCUT2D eigenvalue weighted by molar-refractivity contribution is 5.76. The van der Waals surface area contributed by atoms with E-state index in [1.165, 1.54) is 0 Å². The van der Waals surface area contributed by atoms with Crippen LogP contribution in [-0.2, 0) is 9.59 Å². The van der Waals surface area contributed by atoms with Gasteiger partial charge in [0, 0.05) is 32.5 Å². The van der Waals surface area contributed by atoms with E-state index in [-0.39, 0.29) is 17.9 Å². The summed E-state index contributed by atoms with van der Waals surface area (Å²) in [4.78, 5) is 24.5. The van der Waals surface area contributed by atoms with Crippen LogP contribution in [0.3, 0.4) is 0 Å². The first-order valence-electron chi connectivity index (χ1n) is 6.04. The molecule has 0 aromatic heterocycles. The van der Waals surface area contributed by atoms with Crippen LogP contribution in [-0.4, -0.2) is 35.8 Å². The summed E-state index contributed by atoms with van der Waals surface area (Å²) in [5, 5.41) is 3.03. The quantitative estimate of drug-likeness (QED) is 0.785. The summed E-state index contributed by atoms with van der Waals surface area (Å²) < 4.78 is 0. The van der Waals surface area contributed by atoms with E-state index in [1.54, 1.807) is 6.92 Å². The maximum absolute atomic E-state index is 11.5. The number of amides is 2. The number of likely N-dealkylation sites (tertiary alicyclic amines) is 1. The Morgan fingerprint density at radius 3 is 2.31 bits per heavy atom. The van der Waals surface area contributed by atoms with Crippen LogP contribution in [0.15, 0.2) is 0 Å². The molecule has 0 aliphatic carbocycles. The van der Waals surface area contributed by atoms with Gasteiger partial charge in [0.05, 0.1) is 0 Å². The lowest BCUT2D eigenvalue weighted by Gasteiger charge is -2.31. The van der Waals surface area contributed by atoms with E-state index in [4.69, 9.17) is 0 Å². The minimum atomic E-state index is 0.131. The number of rotatable bonds is 3. The van der Waals surface area contributed by atoms with Crippen LogP contribution in [0.25, 0.3) is 0 Å². The zero-order valence-electron chi connectivity index (χ0n) is 10.5. The van der Waals surface area contributed by atoms with E-state index in [1.807, 2.05) is 18.7 Å². The highest BCUT2D eigenvalue weighted by atomic mass is 16.2. The molecule has 1 fully saturated rings. The second kappa shape index (κ2) is 5.87. The number of carbonyl (C=O) groups is 2. The summed E-state index contributed by atoms with van der Waals surface area (Å²) in [5.74, 6) is 0.667. The summed E-state index contributed by atoms with van der Waals surface area (Å²) in [6, 6.07) is 0.252. The minimum Gasteiger partial charge on any atom is -0.353 e. The molecule has 4 heteroatoms. The van der Waals surface area contributed by atoms with Gasteiger partial charge in [-0.3, -0.25) is 9.59 Å². The van der Waals surface area contributed by atoms with Gasteiger partial charge in [0.1, 0.15) is 0 Å². The molecule has 1 aliphatic heterocycles. The van der Waals surface area contributed by atoms with Gasteiger partial charge >= 0.3 is 0 Å². The monoisotopic (exact) mass is 226 g/mol. The molecule has 1 N–H and O–H groups in total. The van der Waals surface area contributed by atoms with Gasteiger partial charge in [-0.25, -0.2) is 0 Å². The predicted octanol–water partition coefficient (Wildman–Crippen LogP) is 1.16. The van der Waals surface area contributed by atoms with Gasteiger partial charge in [-0.1, -0.05) is 13.8 Å². The van der Waals surface area contributed by atoms with Gasteiger partial charge in [0.15, 0.2) is 0 Å². The highest BCUT2D eigenvalue weighted by Crippen LogP contribution is 2.11.